The van der Waals surface area contributed by atoms with E-state index < -0.39 is 11.0 Å². The Morgan fingerprint density at radius 3 is 2.19 bits per heavy atom. The van der Waals surface area contributed by atoms with Gasteiger partial charge in [0.2, 0.25) is 0 Å². The van der Waals surface area contributed by atoms with E-state index in [0.29, 0.717) is 12.1 Å². The largest absolute Gasteiger partial charge is 0.461 e. The first-order valence-electron chi connectivity index (χ1n) is 8.76. The number of hydrogen-bond acceptors (Lipinski definition) is 6. The summed E-state index contributed by atoms with van der Waals surface area (Å²) in [6.45, 7) is -0.204. The van der Waals surface area contributed by atoms with Crippen LogP contribution in [0.1, 0.15) is 37.2 Å². The van der Waals surface area contributed by atoms with Crippen LogP contribution in [0, 0.1) is 15.3 Å². The monoisotopic (exact) mass is 366 g/mol. The minimum Gasteiger partial charge on any atom is -0.461 e. The molecule has 2 aliphatic rings. The molecule has 0 amide bonds. The van der Waals surface area contributed by atoms with Gasteiger partial charge in [-0.05, 0) is 5.56 Å². The first-order valence-corrected chi connectivity index (χ1v) is 8.76. The molecule has 3 rings (SSSR count). The zero-order chi connectivity index (χ0) is 19.3. The second-order valence-corrected chi connectivity index (χ2v) is 7.41. The predicted octanol–water partition coefficient (Wildman–Crippen LogP) is 1.84. The SMILES string of the molecule is C[N+]1(C)[C@@H]2CC[C@H]1CC(OC(=O)[C@@H](CO)c1ccccc1)C2.O=[N+]([O-])[O-]. The Labute approximate surface area is 152 Å². The number of fused-ring (bicyclic) bond motifs is 2. The van der Waals surface area contributed by atoms with Crippen LogP contribution in [-0.4, -0.2) is 59.5 Å². The summed E-state index contributed by atoms with van der Waals surface area (Å²) in [5, 5.41) is 24.3. The van der Waals surface area contributed by atoms with Gasteiger partial charge in [-0.3, -0.25) is 4.79 Å². The fraction of sp³-hybridized carbons (Fsp3) is 0.611. The van der Waals surface area contributed by atoms with E-state index in [9.17, 15) is 9.90 Å². The van der Waals surface area contributed by atoms with Gasteiger partial charge in [-0.1, -0.05) is 30.3 Å². The molecular weight excluding hydrogens is 340 g/mol. The van der Waals surface area contributed by atoms with Crippen LogP contribution in [-0.2, 0) is 9.53 Å². The Morgan fingerprint density at radius 2 is 1.73 bits per heavy atom. The quantitative estimate of drug-likeness (QED) is 0.376. The Hall–Kier alpha value is -2.19. The molecule has 2 aliphatic heterocycles. The number of piperidine rings is 1. The molecule has 1 unspecified atom stereocenters. The average Bonchev–Trinajstić information content (AvgIpc) is 2.75. The number of esters is 1. The van der Waals surface area contributed by atoms with Gasteiger partial charge in [-0.15, -0.1) is 0 Å². The highest BCUT2D eigenvalue weighted by molar-refractivity contribution is 5.78. The predicted molar refractivity (Wildman–Crippen MR) is 94.7 cm³/mol. The summed E-state index contributed by atoms with van der Waals surface area (Å²) in [6, 6.07) is 10.6. The van der Waals surface area contributed by atoms with Gasteiger partial charge < -0.3 is 29.6 Å². The fourth-order valence-electron chi connectivity index (χ4n) is 4.17. The third kappa shape index (κ3) is 4.70. The van der Waals surface area contributed by atoms with Crippen molar-refractivity contribution in [3.05, 3.63) is 51.2 Å². The molecule has 144 valence electrons. The average molecular weight is 366 g/mol. The molecule has 26 heavy (non-hydrogen) atoms. The molecule has 2 saturated heterocycles. The van der Waals surface area contributed by atoms with Crippen LogP contribution in [0.15, 0.2) is 30.3 Å². The van der Waals surface area contributed by atoms with E-state index in [2.05, 4.69) is 14.1 Å². The van der Waals surface area contributed by atoms with Crippen molar-refractivity contribution in [1.29, 1.82) is 0 Å². The molecule has 1 N–H and O–H groups in total. The van der Waals surface area contributed by atoms with Crippen molar-refractivity contribution in [1.82, 2.24) is 0 Å². The Kier molecular flexibility index (Phi) is 6.55. The topological polar surface area (TPSA) is 113 Å². The number of benzene rings is 1. The highest BCUT2D eigenvalue weighted by Gasteiger charge is 2.50. The van der Waals surface area contributed by atoms with Crippen molar-refractivity contribution < 1.29 is 24.2 Å². The van der Waals surface area contributed by atoms with Gasteiger partial charge in [-0.25, -0.2) is 0 Å². The third-order valence-corrected chi connectivity index (χ3v) is 5.74. The van der Waals surface area contributed by atoms with Gasteiger partial charge in [-0.2, -0.15) is 0 Å². The lowest BCUT2D eigenvalue weighted by Crippen LogP contribution is -2.56. The van der Waals surface area contributed by atoms with Crippen molar-refractivity contribution in [3.8, 4) is 0 Å². The van der Waals surface area contributed by atoms with E-state index in [1.165, 1.54) is 12.8 Å². The molecule has 2 bridgehead atoms. The molecule has 0 spiro atoms. The van der Waals surface area contributed by atoms with E-state index in [4.69, 9.17) is 20.1 Å². The van der Waals surface area contributed by atoms with E-state index in [1.54, 1.807) is 0 Å². The van der Waals surface area contributed by atoms with Crippen molar-refractivity contribution in [2.75, 3.05) is 20.7 Å². The van der Waals surface area contributed by atoms with Gasteiger partial charge in [0, 0.05) is 25.7 Å². The summed E-state index contributed by atoms with van der Waals surface area (Å²) in [5.74, 6) is -0.853. The van der Waals surface area contributed by atoms with E-state index in [0.717, 1.165) is 22.9 Å². The molecule has 0 radical (unpaired) electrons. The van der Waals surface area contributed by atoms with Crippen molar-refractivity contribution in [2.45, 2.75) is 49.8 Å². The minimum atomic E-state index is -1.75. The summed E-state index contributed by atoms with van der Waals surface area (Å²) in [5.41, 5.74) is 0.824. The maximum absolute atomic E-state index is 12.5. The standard InChI is InChI=1S/C18H26NO3.NO3/c1-19(2)14-8-9-15(19)11-16(10-14)22-18(21)17(12-20)13-6-4-3-5-7-13;2-1(3)4/h3-7,14-17,20H,8-12H2,1-2H3;/q+1;-1/t14-,15+,16?,17-;/m0./s1. The van der Waals surface area contributed by atoms with Gasteiger partial charge >= 0.3 is 5.97 Å². The molecule has 4 atom stereocenters. The lowest BCUT2D eigenvalue weighted by atomic mass is 9.96. The van der Waals surface area contributed by atoms with Crippen molar-refractivity contribution >= 4 is 5.97 Å². The zero-order valence-corrected chi connectivity index (χ0v) is 15.1. The van der Waals surface area contributed by atoms with Crippen molar-refractivity contribution in [3.63, 3.8) is 0 Å². The van der Waals surface area contributed by atoms with Crippen LogP contribution in [0.3, 0.4) is 0 Å². The molecule has 2 heterocycles. The van der Waals surface area contributed by atoms with E-state index in [1.807, 2.05) is 30.3 Å². The second kappa shape index (κ2) is 8.46. The number of hydrogen-bond donors (Lipinski definition) is 1. The number of rotatable bonds is 4. The normalized spacial score (nSPS) is 27.0. The van der Waals surface area contributed by atoms with E-state index in [-0.39, 0.29) is 18.7 Å². The summed E-state index contributed by atoms with van der Waals surface area (Å²) in [7, 11) is 4.59. The molecule has 8 nitrogen and oxygen atoms in total. The molecule has 1 aromatic carbocycles. The number of nitrogens with zero attached hydrogens (tertiary/aromatic N) is 2. The van der Waals surface area contributed by atoms with Crippen LogP contribution in [0.25, 0.3) is 0 Å². The van der Waals surface area contributed by atoms with Crippen LogP contribution in [0.2, 0.25) is 0 Å². The Bertz CT molecular complexity index is 601. The zero-order valence-electron chi connectivity index (χ0n) is 15.1. The Balaban J connectivity index is 0.000000552. The molecule has 2 fully saturated rings. The molecule has 0 aliphatic carbocycles. The molecule has 0 aromatic heterocycles. The lowest BCUT2D eigenvalue weighted by Gasteiger charge is -2.44. The molecular formula is C18H26N2O6. The van der Waals surface area contributed by atoms with Crippen LogP contribution in [0.4, 0.5) is 0 Å². The number of ether oxygens (including phenoxy) is 1. The first kappa shape index (κ1) is 20.1. The van der Waals surface area contributed by atoms with E-state index >= 15 is 0 Å². The minimum absolute atomic E-state index is 0.00825. The maximum Gasteiger partial charge on any atom is 0.316 e. The third-order valence-electron chi connectivity index (χ3n) is 5.74. The molecule has 8 heteroatoms. The van der Waals surface area contributed by atoms with Crippen LogP contribution < -0.4 is 0 Å². The van der Waals surface area contributed by atoms with Gasteiger partial charge in [0.25, 0.3) is 0 Å². The van der Waals surface area contributed by atoms with Gasteiger partial charge in [0.1, 0.15) is 12.0 Å². The maximum atomic E-state index is 12.5. The lowest BCUT2D eigenvalue weighted by molar-refractivity contribution is -0.931. The summed E-state index contributed by atoms with van der Waals surface area (Å²) < 4.78 is 6.83. The highest BCUT2D eigenvalue weighted by Crippen LogP contribution is 2.40. The van der Waals surface area contributed by atoms with Crippen molar-refractivity contribution in [2.24, 2.45) is 0 Å². The summed E-state index contributed by atoms with van der Waals surface area (Å²) in [6.07, 6.45) is 4.36. The second-order valence-electron chi connectivity index (χ2n) is 7.41. The summed E-state index contributed by atoms with van der Waals surface area (Å²) >= 11 is 0. The number of carbonyl (C=O) groups excluding carboxylic acids is 1. The number of aliphatic hydroxyl groups is 1. The molecule has 0 saturated carbocycles. The Morgan fingerprint density at radius 1 is 1.23 bits per heavy atom. The smallest absolute Gasteiger partial charge is 0.316 e. The van der Waals surface area contributed by atoms with Crippen LogP contribution >= 0.6 is 0 Å². The molecule has 1 aromatic rings. The fourth-order valence-corrected chi connectivity index (χ4v) is 4.17. The number of carbonyl (C=O) groups is 1. The summed E-state index contributed by atoms with van der Waals surface area (Å²) in [4.78, 5) is 20.7. The van der Waals surface area contributed by atoms with Gasteiger partial charge in [0.15, 0.2) is 0 Å². The first-order chi connectivity index (χ1) is 12.3. The number of aliphatic hydroxyl groups excluding tert-OH is 1. The highest BCUT2D eigenvalue weighted by atomic mass is 16.9. The van der Waals surface area contributed by atoms with Crippen LogP contribution in [0.5, 0.6) is 0 Å². The number of quaternary nitrogens is 1. The van der Waals surface area contributed by atoms with Gasteiger partial charge in [0.05, 0.1) is 37.9 Å².